The number of nitrogens with one attached hydrogen (secondary N) is 5. The lowest BCUT2D eigenvalue weighted by Gasteiger charge is -2.30. The number of aryl methyl sites for hydroxylation is 3. The van der Waals surface area contributed by atoms with E-state index < -0.39 is 18.2 Å². The second kappa shape index (κ2) is 22.9. The van der Waals surface area contributed by atoms with Gasteiger partial charge < -0.3 is 40.3 Å². The first-order valence-electron chi connectivity index (χ1n) is 22.9. The molecular weight excluding hydrogens is 811 g/mol. The molecule has 1 fully saturated rings. The third kappa shape index (κ3) is 12.1. The fourth-order valence-electron chi connectivity index (χ4n) is 8.33. The molecule has 5 N–H and O–H groups in total. The van der Waals surface area contributed by atoms with Gasteiger partial charge in [-0.1, -0.05) is 84.1 Å². The summed E-state index contributed by atoms with van der Waals surface area (Å²) in [5.41, 5.74) is 9.09. The van der Waals surface area contributed by atoms with E-state index in [1.165, 1.54) is 51.9 Å². The number of H-pyrrole nitrogens is 2. The number of hydrogen-bond acceptors (Lipinski definition) is 9. The highest BCUT2D eigenvalue weighted by Crippen LogP contribution is 2.39. The van der Waals surface area contributed by atoms with Gasteiger partial charge in [0.25, 0.3) is 0 Å². The molecule has 0 radical (unpaired) electrons. The number of imidazole rings is 2. The molecule has 342 valence electrons. The van der Waals surface area contributed by atoms with Gasteiger partial charge in [0.15, 0.2) is 0 Å². The van der Waals surface area contributed by atoms with Gasteiger partial charge in [0.05, 0.1) is 55.6 Å². The predicted octanol–water partition coefficient (Wildman–Crippen LogP) is 8.60. The molecule has 1 aliphatic heterocycles. The molecule has 4 heterocycles. The smallest absolute Gasteiger partial charge is 0.407 e. The number of carbonyl (C=O) groups is 4. The van der Waals surface area contributed by atoms with Crippen LogP contribution < -0.4 is 16.0 Å². The van der Waals surface area contributed by atoms with Crippen molar-refractivity contribution in [2.75, 3.05) is 33.9 Å². The molecule has 0 saturated carbocycles. The Morgan fingerprint density at radius 1 is 0.844 bits per heavy atom. The Balaban J connectivity index is 0.000000898. The zero-order chi connectivity index (χ0) is 45.6. The highest BCUT2D eigenvalue weighted by Gasteiger charge is 2.38. The van der Waals surface area contributed by atoms with Crippen molar-refractivity contribution in [1.82, 2.24) is 45.8 Å². The number of unbranched alkanes of at least 4 members (excludes halogenated alkanes) is 5. The molecule has 2 atom stereocenters. The van der Waals surface area contributed by atoms with Gasteiger partial charge in [-0.3, -0.25) is 9.59 Å². The number of nitrogens with zero attached hydrogens (tertiary/aromatic N) is 4. The van der Waals surface area contributed by atoms with Crippen molar-refractivity contribution in [3.63, 3.8) is 0 Å². The number of carbonyl (C=O) groups excluding carboxylic acids is 4. The molecule has 0 spiro atoms. The number of hydrogen-bond donors (Lipinski definition) is 5. The van der Waals surface area contributed by atoms with E-state index in [-0.39, 0.29) is 30.3 Å². The number of methoxy groups -OCH3 is 2. The van der Waals surface area contributed by atoms with Gasteiger partial charge in [0.2, 0.25) is 11.8 Å². The van der Waals surface area contributed by atoms with E-state index >= 15 is 0 Å². The molecule has 2 aromatic carbocycles. The second-order valence-electron chi connectivity index (χ2n) is 16.9. The summed E-state index contributed by atoms with van der Waals surface area (Å²) < 4.78 is 9.25. The van der Waals surface area contributed by atoms with Gasteiger partial charge in [-0.05, 0) is 74.3 Å². The Kier molecular flexibility index (Phi) is 16.9. The summed E-state index contributed by atoms with van der Waals surface area (Å²) in [7, 11) is 2.55. The average molecular weight is 876 g/mol. The molecule has 1 aliphatic carbocycles. The van der Waals surface area contributed by atoms with Crippen molar-refractivity contribution in [3.8, 4) is 33.8 Å². The Bertz CT molecular complexity index is 2370. The number of fused-ring (bicyclic) bond motifs is 4. The summed E-state index contributed by atoms with van der Waals surface area (Å²) in [4.78, 5) is 72.1. The average Bonchev–Trinajstić information content (AvgIpc) is 4.10. The lowest BCUT2D eigenvalue weighted by molar-refractivity contribution is -0.135. The van der Waals surface area contributed by atoms with Crippen LogP contribution in [0.1, 0.15) is 114 Å². The Morgan fingerprint density at radius 2 is 1.62 bits per heavy atom. The molecular formula is C49H65N9O6. The van der Waals surface area contributed by atoms with Crippen molar-refractivity contribution in [2.45, 2.75) is 117 Å². The van der Waals surface area contributed by atoms with Crippen LogP contribution in [-0.4, -0.2) is 93.7 Å². The number of likely N-dealkylation sites (tertiary alicyclic amines) is 1. The number of rotatable bonds is 17. The number of alkyl carbamates (subject to hydrolysis) is 2. The molecule has 2 unspecified atom stereocenters. The van der Waals surface area contributed by atoms with Crippen LogP contribution in [0.15, 0.2) is 54.7 Å². The summed E-state index contributed by atoms with van der Waals surface area (Å²) in [6.07, 6.45) is 13.3. The fourth-order valence-corrected chi connectivity index (χ4v) is 8.33. The third-order valence-electron chi connectivity index (χ3n) is 11.9. The molecule has 15 nitrogen and oxygen atoms in total. The number of ether oxygens (including phenoxy) is 2. The minimum Gasteiger partial charge on any atom is -0.453 e. The largest absolute Gasteiger partial charge is 0.453 e. The van der Waals surface area contributed by atoms with Gasteiger partial charge >= 0.3 is 12.2 Å². The summed E-state index contributed by atoms with van der Waals surface area (Å²) in [5.74, 6) is 1.18. The van der Waals surface area contributed by atoms with Gasteiger partial charge in [0, 0.05) is 47.3 Å². The third-order valence-corrected chi connectivity index (χ3v) is 11.9. The monoisotopic (exact) mass is 876 g/mol. The summed E-state index contributed by atoms with van der Waals surface area (Å²) in [6.45, 7) is 9.32. The van der Waals surface area contributed by atoms with E-state index in [2.05, 4.69) is 92.0 Å². The zero-order valence-corrected chi connectivity index (χ0v) is 38.3. The lowest BCUT2D eigenvalue weighted by atomic mass is 9.90. The van der Waals surface area contributed by atoms with E-state index in [1.54, 1.807) is 0 Å². The number of benzene rings is 2. The van der Waals surface area contributed by atoms with E-state index in [0.717, 1.165) is 107 Å². The first-order chi connectivity index (χ1) is 31.0. The van der Waals surface area contributed by atoms with E-state index in [9.17, 15) is 19.2 Å². The molecule has 15 heteroatoms. The summed E-state index contributed by atoms with van der Waals surface area (Å²) in [5, 5.41) is 8.89. The Hall–Kier alpha value is -6.25. The van der Waals surface area contributed by atoms with E-state index in [0.29, 0.717) is 13.1 Å². The first-order valence-corrected chi connectivity index (χ1v) is 22.9. The number of aromatic nitrogens is 5. The molecule has 4 amide bonds. The molecule has 3 aromatic heterocycles. The number of amides is 4. The Morgan fingerprint density at radius 3 is 2.38 bits per heavy atom. The van der Waals surface area contributed by atoms with E-state index in [4.69, 9.17) is 14.7 Å². The van der Waals surface area contributed by atoms with Gasteiger partial charge in [-0.2, -0.15) is 0 Å². The predicted molar refractivity (Wildman–Crippen MR) is 248 cm³/mol. The molecule has 7 rings (SSSR count). The molecule has 0 bridgehead atoms. The van der Waals surface area contributed by atoms with Crippen LogP contribution in [0.2, 0.25) is 0 Å². The van der Waals surface area contributed by atoms with Crippen molar-refractivity contribution >= 4 is 34.9 Å². The summed E-state index contributed by atoms with van der Waals surface area (Å²) >= 11 is 0. The molecule has 2 aliphatic rings. The SMILES string of the molecule is CCCCCCC.COC(=O)NCC(=O)NCCCCc1ncc(-c2ccc3nc(-c4ccc5c(c4)CCc4[nH]c(C6CCCN6C(=O)C(NC(=O)OC)C(C)C)nc4-5)ccc3c2)[nH]1. The van der Waals surface area contributed by atoms with Crippen LogP contribution in [0.3, 0.4) is 0 Å². The van der Waals surface area contributed by atoms with E-state index in [1.807, 2.05) is 31.0 Å². The normalized spacial score (nSPS) is 14.5. The number of pyridine rings is 1. The van der Waals surface area contributed by atoms with Crippen molar-refractivity contribution in [2.24, 2.45) is 5.92 Å². The van der Waals surface area contributed by atoms with Crippen LogP contribution in [-0.2, 0) is 38.3 Å². The minimum absolute atomic E-state index is 0.0991. The standard InChI is InChI=1S/C42H49N9O6.C7H16/c1-24(2)37(50-42(55)57-4)40(53)51-19-7-8-34(51)39-48-32-17-11-25-20-26(10-14-29(25)38(32)49-39)30-15-12-27-21-28(13-16-31(27)46-30)33-22-44-35(47-33)9-5-6-18-43-36(52)23-45-41(54)56-3;1-3-5-7-6-4-2/h10,12-16,20-22,24,34,37H,5-9,11,17-19,23H2,1-4H3,(H,43,52)(H,44,47)(H,45,54)(H,48,49)(H,50,55);3-7H2,1-2H3. The molecule has 1 saturated heterocycles. The maximum Gasteiger partial charge on any atom is 0.407 e. The van der Waals surface area contributed by atoms with Crippen LogP contribution in [0.25, 0.3) is 44.7 Å². The number of aromatic amines is 2. The quantitative estimate of drug-likeness (QED) is 0.0569. The van der Waals surface area contributed by atoms with Crippen LogP contribution in [0.5, 0.6) is 0 Å². The lowest BCUT2D eigenvalue weighted by Crippen LogP contribution is -2.51. The Labute approximate surface area is 376 Å². The van der Waals surface area contributed by atoms with Crippen LogP contribution in [0.4, 0.5) is 9.59 Å². The topological polar surface area (TPSA) is 196 Å². The second-order valence-corrected chi connectivity index (χ2v) is 16.9. The molecule has 64 heavy (non-hydrogen) atoms. The highest BCUT2D eigenvalue weighted by molar-refractivity contribution is 5.87. The zero-order valence-electron chi connectivity index (χ0n) is 38.3. The minimum atomic E-state index is -0.681. The fraction of sp³-hybridized carbons (Fsp3) is 0.490. The van der Waals surface area contributed by atoms with Crippen LogP contribution >= 0.6 is 0 Å². The maximum atomic E-state index is 13.7. The van der Waals surface area contributed by atoms with Gasteiger partial charge in [0.1, 0.15) is 17.7 Å². The van der Waals surface area contributed by atoms with Crippen molar-refractivity contribution < 1.29 is 28.7 Å². The first kappa shape index (κ1) is 47.2. The highest BCUT2D eigenvalue weighted by atomic mass is 16.5. The van der Waals surface area contributed by atoms with Gasteiger partial charge in [-0.15, -0.1) is 0 Å². The van der Waals surface area contributed by atoms with Crippen LogP contribution in [0, 0.1) is 5.92 Å². The van der Waals surface area contributed by atoms with Crippen molar-refractivity contribution in [3.05, 3.63) is 77.6 Å². The van der Waals surface area contributed by atoms with Crippen molar-refractivity contribution in [1.29, 1.82) is 0 Å². The summed E-state index contributed by atoms with van der Waals surface area (Å²) in [6, 6.07) is 15.9. The maximum absolute atomic E-state index is 13.7. The van der Waals surface area contributed by atoms with Gasteiger partial charge in [-0.25, -0.2) is 24.5 Å². The molecule has 5 aromatic rings.